The molecule has 1 fully saturated rings. The first-order valence-electron chi connectivity index (χ1n) is 8.69. The summed E-state index contributed by atoms with van der Waals surface area (Å²) in [7, 11) is -3.79. The standard InChI is InChI=1S/C18H18ClN3O6S/c19-16-3-1-2-4-17(16)28-13-18(23)20-9-11-21(12-10-20)29(26,27)15-7-5-14(6-8-15)22(24)25/h1-8H,9-13H2. The fraction of sp³-hybridized carbons (Fsp3) is 0.278. The van der Waals surface area contributed by atoms with E-state index in [4.69, 9.17) is 16.3 Å². The summed E-state index contributed by atoms with van der Waals surface area (Å²) in [5.41, 5.74) is -0.183. The average molecular weight is 440 g/mol. The molecule has 0 atom stereocenters. The number of nitro benzene ring substituents is 1. The summed E-state index contributed by atoms with van der Waals surface area (Å²) in [6.07, 6.45) is 0. The number of carbonyl (C=O) groups excluding carboxylic acids is 1. The van der Waals surface area contributed by atoms with Crippen LogP contribution in [0.4, 0.5) is 5.69 Å². The predicted octanol–water partition coefficient (Wildman–Crippen LogP) is 2.16. The Kier molecular flexibility index (Phi) is 6.36. The number of sulfonamides is 1. The summed E-state index contributed by atoms with van der Waals surface area (Å²) in [5, 5.41) is 11.1. The van der Waals surface area contributed by atoms with E-state index in [2.05, 4.69) is 0 Å². The van der Waals surface area contributed by atoms with Gasteiger partial charge in [0, 0.05) is 38.3 Å². The molecule has 154 valence electrons. The Morgan fingerprint density at radius 1 is 1.07 bits per heavy atom. The number of nitro groups is 1. The molecule has 11 heteroatoms. The fourth-order valence-corrected chi connectivity index (χ4v) is 4.47. The maximum atomic E-state index is 12.7. The van der Waals surface area contributed by atoms with Gasteiger partial charge in [0.05, 0.1) is 14.8 Å². The van der Waals surface area contributed by atoms with Crippen molar-refractivity contribution < 1.29 is 22.9 Å². The molecule has 2 aromatic rings. The highest BCUT2D eigenvalue weighted by molar-refractivity contribution is 7.89. The zero-order chi connectivity index (χ0) is 21.0. The second-order valence-electron chi connectivity index (χ2n) is 6.25. The van der Waals surface area contributed by atoms with E-state index in [1.807, 2.05) is 0 Å². The molecular formula is C18H18ClN3O6S. The van der Waals surface area contributed by atoms with Crippen molar-refractivity contribution in [3.8, 4) is 5.75 Å². The fourth-order valence-electron chi connectivity index (χ4n) is 2.86. The number of nitrogens with zero attached hydrogens (tertiary/aromatic N) is 3. The molecule has 0 bridgehead atoms. The number of non-ortho nitro benzene ring substituents is 1. The maximum absolute atomic E-state index is 12.7. The molecule has 2 aromatic carbocycles. The first-order chi connectivity index (χ1) is 13.8. The van der Waals surface area contributed by atoms with Gasteiger partial charge in [0.15, 0.2) is 6.61 Å². The predicted molar refractivity (Wildman–Crippen MR) is 105 cm³/mol. The van der Waals surface area contributed by atoms with Crippen molar-refractivity contribution in [1.82, 2.24) is 9.21 Å². The van der Waals surface area contributed by atoms with Crippen molar-refractivity contribution in [3.63, 3.8) is 0 Å². The summed E-state index contributed by atoms with van der Waals surface area (Å²) in [6.45, 7) is 0.487. The van der Waals surface area contributed by atoms with E-state index in [0.717, 1.165) is 12.1 Å². The average Bonchev–Trinajstić information content (AvgIpc) is 2.73. The molecular weight excluding hydrogens is 422 g/mol. The zero-order valence-electron chi connectivity index (χ0n) is 15.2. The van der Waals surface area contributed by atoms with E-state index in [1.165, 1.54) is 21.3 Å². The molecule has 9 nitrogen and oxygen atoms in total. The van der Waals surface area contributed by atoms with Gasteiger partial charge in [0.2, 0.25) is 10.0 Å². The molecule has 0 radical (unpaired) electrons. The Hall–Kier alpha value is -2.69. The number of benzene rings is 2. The van der Waals surface area contributed by atoms with Crippen LogP contribution in [0.3, 0.4) is 0 Å². The number of piperazine rings is 1. The minimum Gasteiger partial charge on any atom is -0.482 e. The number of rotatable bonds is 6. The lowest BCUT2D eigenvalue weighted by molar-refractivity contribution is -0.384. The van der Waals surface area contributed by atoms with Gasteiger partial charge < -0.3 is 9.64 Å². The lowest BCUT2D eigenvalue weighted by Gasteiger charge is -2.34. The highest BCUT2D eigenvalue weighted by Gasteiger charge is 2.30. The molecule has 0 aliphatic carbocycles. The summed E-state index contributed by atoms with van der Waals surface area (Å²) in [6, 6.07) is 11.5. The summed E-state index contributed by atoms with van der Waals surface area (Å²) in [5.74, 6) is 0.138. The highest BCUT2D eigenvalue weighted by Crippen LogP contribution is 2.23. The van der Waals surface area contributed by atoms with Crippen LogP contribution < -0.4 is 4.74 Å². The number of carbonyl (C=O) groups is 1. The van der Waals surface area contributed by atoms with Crippen LogP contribution in [0.15, 0.2) is 53.4 Å². The molecule has 1 aliphatic heterocycles. The molecule has 0 aromatic heterocycles. The number of hydrogen-bond acceptors (Lipinski definition) is 6. The van der Waals surface area contributed by atoms with Gasteiger partial charge in [-0.25, -0.2) is 8.42 Å². The number of amides is 1. The van der Waals surface area contributed by atoms with E-state index in [0.29, 0.717) is 10.8 Å². The number of halogens is 1. The van der Waals surface area contributed by atoms with Crippen molar-refractivity contribution >= 4 is 33.2 Å². The maximum Gasteiger partial charge on any atom is 0.269 e. The van der Waals surface area contributed by atoms with Crippen LogP contribution in [-0.4, -0.2) is 61.2 Å². The van der Waals surface area contributed by atoms with Crippen LogP contribution in [-0.2, 0) is 14.8 Å². The normalized spacial score (nSPS) is 15.1. The Morgan fingerprint density at radius 2 is 1.69 bits per heavy atom. The summed E-state index contributed by atoms with van der Waals surface area (Å²) >= 11 is 5.99. The second kappa shape index (κ2) is 8.76. The monoisotopic (exact) mass is 439 g/mol. The van der Waals surface area contributed by atoms with Crippen molar-refractivity contribution in [2.75, 3.05) is 32.8 Å². The molecule has 0 unspecified atom stereocenters. The SMILES string of the molecule is O=C(COc1ccccc1Cl)N1CCN(S(=O)(=O)c2ccc([N+](=O)[O-])cc2)CC1. The Bertz CT molecular complexity index is 1000. The van der Waals surface area contributed by atoms with Crippen molar-refractivity contribution in [3.05, 3.63) is 63.7 Å². The summed E-state index contributed by atoms with van der Waals surface area (Å²) < 4.78 is 32.1. The van der Waals surface area contributed by atoms with Crippen molar-refractivity contribution in [2.45, 2.75) is 4.90 Å². The quantitative estimate of drug-likeness (QED) is 0.504. The third kappa shape index (κ3) is 4.84. The van der Waals surface area contributed by atoms with Gasteiger partial charge in [-0.1, -0.05) is 23.7 Å². The van der Waals surface area contributed by atoms with E-state index < -0.39 is 14.9 Å². The first-order valence-corrected chi connectivity index (χ1v) is 10.5. The van der Waals surface area contributed by atoms with Crippen molar-refractivity contribution in [2.24, 2.45) is 0 Å². The Balaban J connectivity index is 1.57. The van der Waals surface area contributed by atoms with Gasteiger partial charge in [-0.05, 0) is 24.3 Å². The molecule has 0 spiro atoms. The van der Waals surface area contributed by atoms with Gasteiger partial charge in [-0.2, -0.15) is 4.31 Å². The third-order valence-electron chi connectivity index (χ3n) is 4.46. The second-order valence-corrected chi connectivity index (χ2v) is 8.60. The molecule has 29 heavy (non-hydrogen) atoms. The number of ether oxygens (including phenoxy) is 1. The van der Waals surface area contributed by atoms with Gasteiger partial charge in [-0.3, -0.25) is 14.9 Å². The number of para-hydroxylation sites is 1. The highest BCUT2D eigenvalue weighted by atomic mass is 35.5. The molecule has 1 amide bonds. The Labute approximate surface area is 172 Å². The Morgan fingerprint density at radius 3 is 2.28 bits per heavy atom. The molecule has 1 aliphatic rings. The van der Waals surface area contributed by atoms with E-state index >= 15 is 0 Å². The van der Waals surface area contributed by atoms with E-state index in [1.54, 1.807) is 24.3 Å². The first kappa shape index (κ1) is 21.0. The molecule has 0 N–H and O–H groups in total. The van der Waals surface area contributed by atoms with E-state index in [9.17, 15) is 23.3 Å². The van der Waals surface area contributed by atoms with Crippen LogP contribution in [0, 0.1) is 10.1 Å². The smallest absolute Gasteiger partial charge is 0.269 e. The van der Waals surface area contributed by atoms with Gasteiger partial charge in [-0.15, -0.1) is 0 Å². The minimum atomic E-state index is -3.79. The van der Waals surface area contributed by atoms with Gasteiger partial charge in [0.25, 0.3) is 11.6 Å². The van der Waals surface area contributed by atoms with Gasteiger partial charge >= 0.3 is 0 Å². The molecule has 0 saturated carbocycles. The largest absolute Gasteiger partial charge is 0.482 e. The minimum absolute atomic E-state index is 0.0232. The lowest BCUT2D eigenvalue weighted by Crippen LogP contribution is -2.51. The topological polar surface area (TPSA) is 110 Å². The molecule has 1 saturated heterocycles. The van der Waals surface area contributed by atoms with Crippen LogP contribution in [0.25, 0.3) is 0 Å². The van der Waals surface area contributed by atoms with Gasteiger partial charge in [0.1, 0.15) is 5.75 Å². The van der Waals surface area contributed by atoms with Crippen LogP contribution in [0.1, 0.15) is 0 Å². The van der Waals surface area contributed by atoms with Crippen molar-refractivity contribution in [1.29, 1.82) is 0 Å². The molecule has 1 heterocycles. The summed E-state index contributed by atoms with van der Waals surface area (Å²) in [4.78, 5) is 24.0. The van der Waals surface area contributed by atoms with Crippen LogP contribution in [0.2, 0.25) is 5.02 Å². The number of hydrogen-bond donors (Lipinski definition) is 0. The third-order valence-corrected chi connectivity index (χ3v) is 6.69. The van der Waals surface area contributed by atoms with Crippen LogP contribution >= 0.6 is 11.6 Å². The molecule has 3 rings (SSSR count). The van der Waals surface area contributed by atoms with Crippen LogP contribution in [0.5, 0.6) is 5.75 Å². The lowest BCUT2D eigenvalue weighted by atomic mass is 10.3. The zero-order valence-corrected chi connectivity index (χ0v) is 16.8. The van der Waals surface area contributed by atoms with E-state index in [-0.39, 0.29) is 49.3 Å².